The maximum atomic E-state index is 13.3. The minimum atomic E-state index is -0.615. The summed E-state index contributed by atoms with van der Waals surface area (Å²) in [4.78, 5) is 43.1. The Kier molecular flexibility index (Phi) is 7.44. The Balaban J connectivity index is 1.44. The van der Waals surface area contributed by atoms with Crippen molar-refractivity contribution >= 4 is 40.7 Å². The molecule has 1 unspecified atom stereocenters. The molecule has 0 aliphatic carbocycles. The van der Waals surface area contributed by atoms with Crippen molar-refractivity contribution in [1.29, 1.82) is 0 Å². The highest BCUT2D eigenvalue weighted by molar-refractivity contribution is 7.12. The Labute approximate surface area is 196 Å². The Hall–Kier alpha value is -2.42. The van der Waals surface area contributed by atoms with Gasteiger partial charge in [0.15, 0.2) is 0 Å². The number of hydrogen-bond acceptors (Lipinski definition) is 5. The molecule has 0 radical (unpaired) electrons. The lowest BCUT2D eigenvalue weighted by Gasteiger charge is -2.38. The third-order valence-corrected chi connectivity index (χ3v) is 7.13. The minimum absolute atomic E-state index is 0.0384. The molecule has 0 bridgehead atoms. The number of amides is 3. The standard InChI is InChI=1S/C23H26ClN3O4S/c24-18-5-3-17(4-6-18)22(29)26-9-7-16(8-10-26)20(23(30)27-11-13-31-14-12-27)25-21(28)19-2-1-15-32-19/h1-6,15-16,20H,7-14H2,(H,25,28). The Morgan fingerprint density at radius 3 is 2.31 bits per heavy atom. The molecule has 2 saturated heterocycles. The molecule has 2 aliphatic heterocycles. The van der Waals surface area contributed by atoms with Gasteiger partial charge in [0.05, 0.1) is 18.1 Å². The predicted octanol–water partition coefficient (Wildman–Crippen LogP) is 2.91. The molecule has 9 heteroatoms. The maximum Gasteiger partial charge on any atom is 0.262 e. The van der Waals surface area contributed by atoms with E-state index in [0.29, 0.717) is 67.7 Å². The van der Waals surface area contributed by atoms with E-state index in [1.807, 2.05) is 11.4 Å². The number of carbonyl (C=O) groups excluding carboxylic acids is 3. The highest BCUT2D eigenvalue weighted by Crippen LogP contribution is 2.25. The fourth-order valence-electron chi connectivity index (χ4n) is 4.19. The van der Waals surface area contributed by atoms with Gasteiger partial charge in [-0.05, 0) is 54.5 Å². The van der Waals surface area contributed by atoms with E-state index in [2.05, 4.69) is 5.32 Å². The zero-order valence-electron chi connectivity index (χ0n) is 17.7. The summed E-state index contributed by atoms with van der Waals surface area (Å²) in [5.41, 5.74) is 0.597. The van der Waals surface area contributed by atoms with E-state index in [1.54, 1.807) is 40.1 Å². The van der Waals surface area contributed by atoms with Crippen LogP contribution in [0.1, 0.15) is 32.9 Å². The fraction of sp³-hybridized carbons (Fsp3) is 0.435. The maximum absolute atomic E-state index is 13.3. The molecular formula is C23H26ClN3O4S. The number of halogens is 1. The third kappa shape index (κ3) is 5.31. The topological polar surface area (TPSA) is 79.0 Å². The molecule has 1 aromatic carbocycles. The van der Waals surface area contributed by atoms with Crippen molar-refractivity contribution in [3.05, 3.63) is 57.2 Å². The van der Waals surface area contributed by atoms with Gasteiger partial charge >= 0.3 is 0 Å². The van der Waals surface area contributed by atoms with E-state index >= 15 is 0 Å². The first-order chi connectivity index (χ1) is 15.5. The van der Waals surface area contributed by atoms with E-state index < -0.39 is 6.04 Å². The van der Waals surface area contributed by atoms with Gasteiger partial charge in [-0.15, -0.1) is 11.3 Å². The van der Waals surface area contributed by atoms with Crippen LogP contribution < -0.4 is 5.32 Å². The average molecular weight is 476 g/mol. The molecule has 4 rings (SSSR count). The van der Waals surface area contributed by atoms with Crippen LogP contribution in [0, 0.1) is 5.92 Å². The first-order valence-corrected chi connectivity index (χ1v) is 12.0. The zero-order chi connectivity index (χ0) is 22.5. The summed E-state index contributed by atoms with van der Waals surface area (Å²) >= 11 is 7.28. The molecule has 1 atom stereocenters. The van der Waals surface area contributed by atoms with Crippen LogP contribution in [0.15, 0.2) is 41.8 Å². The Morgan fingerprint density at radius 1 is 1.00 bits per heavy atom. The molecule has 2 aromatic rings. The van der Waals surface area contributed by atoms with Gasteiger partial charge in [0, 0.05) is 36.8 Å². The molecule has 2 fully saturated rings. The third-order valence-electron chi connectivity index (χ3n) is 6.01. The SMILES string of the molecule is O=C(NC(C(=O)N1CCOCC1)C1CCN(C(=O)c2ccc(Cl)cc2)CC1)c1cccs1. The van der Waals surface area contributed by atoms with Crippen LogP contribution in [0.3, 0.4) is 0 Å². The van der Waals surface area contributed by atoms with Crippen LogP contribution in [-0.4, -0.2) is 73.0 Å². The molecule has 3 heterocycles. The number of likely N-dealkylation sites (tertiary alicyclic amines) is 1. The second-order valence-electron chi connectivity index (χ2n) is 8.00. The number of piperidine rings is 1. The van der Waals surface area contributed by atoms with E-state index in [1.165, 1.54) is 11.3 Å². The van der Waals surface area contributed by atoms with Crippen molar-refractivity contribution in [1.82, 2.24) is 15.1 Å². The normalized spacial score (nSPS) is 18.3. The molecule has 3 amide bonds. The lowest BCUT2D eigenvalue weighted by Crippen LogP contribution is -2.56. The number of nitrogens with one attached hydrogen (secondary N) is 1. The fourth-order valence-corrected chi connectivity index (χ4v) is 4.95. The van der Waals surface area contributed by atoms with Crippen molar-refractivity contribution in [3.8, 4) is 0 Å². The number of hydrogen-bond donors (Lipinski definition) is 1. The van der Waals surface area contributed by atoms with Crippen LogP contribution in [-0.2, 0) is 9.53 Å². The van der Waals surface area contributed by atoms with Crippen molar-refractivity contribution in [2.24, 2.45) is 5.92 Å². The van der Waals surface area contributed by atoms with Crippen LogP contribution >= 0.6 is 22.9 Å². The Bertz CT molecular complexity index is 937. The van der Waals surface area contributed by atoms with Crippen LogP contribution in [0.2, 0.25) is 5.02 Å². The van der Waals surface area contributed by atoms with Gasteiger partial charge in [-0.2, -0.15) is 0 Å². The molecule has 0 saturated carbocycles. The quantitative estimate of drug-likeness (QED) is 0.721. The smallest absolute Gasteiger partial charge is 0.262 e. The number of ether oxygens (including phenoxy) is 1. The van der Waals surface area contributed by atoms with Gasteiger partial charge in [-0.25, -0.2) is 0 Å². The van der Waals surface area contributed by atoms with Gasteiger partial charge in [0.1, 0.15) is 6.04 Å². The molecule has 7 nitrogen and oxygen atoms in total. The first kappa shape index (κ1) is 22.8. The van der Waals surface area contributed by atoms with Crippen molar-refractivity contribution < 1.29 is 19.1 Å². The molecule has 32 heavy (non-hydrogen) atoms. The molecule has 0 spiro atoms. The van der Waals surface area contributed by atoms with E-state index in [0.717, 1.165) is 0 Å². The summed E-state index contributed by atoms with van der Waals surface area (Å²) in [6.07, 6.45) is 1.29. The molecule has 1 aromatic heterocycles. The summed E-state index contributed by atoms with van der Waals surface area (Å²) in [5, 5.41) is 5.42. The molecule has 170 valence electrons. The number of benzene rings is 1. The van der Waals surface area contributed by atoms with Gasteiger partial charge in [-0.3, -0.25) is 14.4 Å². The summed E-state index contributed by atoms with van der Waals surface area (Å²) in [7, 11) is 0. The second-order valence-corrected chi connectivity index (χ2v) is 9.39. The number of rotatable bonds is 5. The average Bonchev–Trinajstić information content (AvgIpc) is 3.38. The van der Waals surface area contributed by atoms with E-state index in [4.69, 9.17) is 16.3 Å². The number of morpholine rings is 1. The number of carbonyl (C=O) groups is 3. The molecular weight excluding hydrogens is 450 g/mol. The monoisotopic (exact) mass is 475 g/mol. The van der Waals surface area contributed by atoms with Gasteiger partial charge < -0.3 is 19.9 Å². The largest absolute Gasteiger partial charge is 0.378 e. The number of nitrogens with zero attached hydrogens (tertiary/aromatic N) is 2. The lowest BCUT2D eigenvalue weighted by atomic mass is 9.88. The summed E-state index contributed by atoms with van der Waals surface area (Å²) in [6.45, 7) is 3.13. The zero-order valence-corrected chi connectivity index (χ0v) is 19.2. The summed E-state index contributed by atoms with van der Waals surface area (Å²) < 4.78 is 5.37. The van der Waals surface area contributed by atoms with Crippen molar-refractivity contribution in [3.63, 3.8) is 0 Å². The highest BCUT2D eigenvalue weighted by Gasteiger charge is 2.36. The Morgan fingerprint density at radius 2 is 1.69 bits per heavy atom. The number of thiophene rings is 1. The van der Waals surface area contributed by atoms with Crippen molar-refractivity contribution in [2.75, 3.05) is 39.4 Å². The van der Waals surface area contributed by atoms with Crippen molar-refractivity contribution in [2.45, 2.75) is 18.9 Å². The summed E-state index contributed by atoms with van der Waals surface area (Å²) in [5.74, 6) is -0.380. The van der Waals surface area contributed by atoms with E-state index in [-0.39, 0.29) is 23.6 Å². The van der Waals surface area contributed by atoms with Crippen LogP contribution in [0.4, 0.5) is 0 Å². The second kappa shape index (κ2) is 10.5. The van der Waals surface area contributed by atoms with Crippen LogP contribution in [0.5, 0.6) is 0 Å². The summed E-state index contributed by atoms with van der Waals surface area (Å²) in [6, 6.07) is 9.82. The molecule has 2 aliphatic rings. The predicted molar refractivity (Wildman–Crippen MR) is 123 cm³/mol. The van der Waals surface area contributed by atoms with Gasteiger partial charge in [0.2, 0.25) is 5.91 Å². The van der Waals surface area contributed by atoms with E-state index in [9.17, 15) is 14.4 Å². The first-order valence-electron chi connectivity index (χ1n) is 10.8. The molecule has 1 N–H and O–H groups in total. The highest BCUT2D eigenvalue weighted by atomic mass is 35.5. The minimum Gasteiger partial charge on any atom is -0.378 e. The van der Waals surface area contributed by atoms with Crippen LogP contribution in [0.25, 0.3) is 0 Å². The van der Waals surface area contributed by atoms with Gasteiger partial charge in [0.25, 0.3) is 11.8 Å². The van der Waals surface area contributed by atoms with Gasteiger partial charge in [-0.1, -0.05) is 17.7 Å². The lowest BCUT2D eigenvalue weighted by molar-refractivity contribution is -0.139.